The van der Waals surface area contributed by atoms with Crippen LogP contribution in [0.2, 0.25) is 0 Å². The van der Waals surface area contributed by atoms with Crippen molar-refractivity contribution in [3.63, 3.8) is 0 Å². The number of carboxylic acid groups (broad SMARTS) is 1. The molecule has 0 unspecified atom stereocenters. The summed E-state index contributed by atoms with van der Waals surface area (Å²) in [5, 5.41) is 14.1. The standard InChI is InChI=1S/C15H30N4O4S/c1-9(2)7-10(17)13(20)19-12(8-24)14(21)18-11(15(22)23)5-3-4-6-16/h9-12,24H,3-8,16-17H2,1-2H3,(H,18,21)(H,19,20)(H,22,23)/t10-,11-,12-/m0/s1. The number of carboxylic acids is 1. The fourth-order valence-electron chi connectivity index (χ4n) is 2.11. The van der Waals surface area contributed by atoms with Crippen LogP contribution in [0, 0.1) is 5.92 Å². The molecule has 0 bridgehead atoms. The largest absolute Gasteiger partial charge is 0.480 e. The molecular weight excluding hydrogens is 332 g/mol. The molecule has 9 heteroatoms. The van der Waals surface area contributed by atoms with Gasteiger partial charge in [-0.2, -0.15) is 12.6 Å². The zero-order chi connectivity index (χ0) is 18.7. The Morgan fingerprint density at radius 2 is 1.67 bits per heavy atom. The fraction of sp³-hybridized carbons (Fsp3) is 0.800. The Hall–Kier alpha value is -1.32. The number of aliphatic carboxylic acids is 1. The Bertz CT molecular complexity index is 420. The average Bonchev–Trinajstić information content (AvgIpc) is 2.50. The van der Waals surface area contributed by atoms with Crippen LogP contribution in [0.5, 0.6) is 0 Å². The van der Waals surface area contributed by atoms with Crippen LogP contribution < -0.4 is 22.1 Å². The minimum atomic E-state index is -1.12. The molecule has 0 aliphatic heterocycles. The molecule has 0 aromatic carbocycles. The van der Waals surface area contributed by atoms with E-state index in [9.17, 15) is 19.5 Å². The molecule has 3 atom stereocenters. The smallest absolute Gasteiger partial charge is 0.326 e. The molecule has 2 amide bonds. The summed E-state index contributed by atoms with van der Waals surface area (Å²) in [6.45, 7) is 4.34. The topological polar surface area (TPSA) is 148 Å². The lowest BCUT2D eigenvalue weighted by molar-refractivity contribution is -0.142. The van der Waals surface area contributed by atoms with Gasteiger partial charge in [0.15, 0.2) is 0 Å². The lowest BCUT2D eigenvalue weighted by atomic mass is 10.0. The molecule has 0 aliphatic carbocycles. The molecule has 24 heavy (non-hydrogen) atoms. The lowest BCUT2D eigenvalue weighted by Gasteiger charge is -2.22. The van der Waals surface area contributed by atoms with Crippen LogP contribution >= 0.6 is 12.6 Å². The molecule has 0 fully saturated rings. The van der Waals surface area contributed by atoms with E-state index < -0.39 is 35.9 Å². The van der Waals surface area contributed by atoms with Gasteiger partial charge in [-0.3, -0.25) is 9.59 Å². The van der Waals surface area contributed by atoms with Gasteiger partial charge in [0.25, 0.3) is 0 Å². The quantitative estimate of drug-likeness (QED) is 0.203. The monoisotopic (exact) mass is 362 g/mol. The third-order valence-electron chi connectivity index (χ3n) is 3.44. The van der Waals surface area contributed by atoms with Crippen molar-refractivity contribution in [3.05, 3.63) is 0 Å². The number of nitrogens with two attached hydrogens (primary N) is 2. The van der Waals surface area contributed by atoms with Crippen LogP contribution in [-0.4, -0.2) is 53.3 Å². The fourth-order valence-corrected chi connectivity index (χ4v) is 2.37. The van der Waals surface area contributed by atoms with Gasteiger partial charge in [-0.25, -0.2) is 4.79 Å². The summed E-state index contributed by atoms with van der Waals surface area (Å²) in [7, 11) is 0. The molecule has 0 saturated heterocycles. The average molecular weight is 362 g/mol. The minimum Gasteiger partial charge on any atom is -0.480 e. The molecule has 0 aromatic rings. The van der Waals surface area contributed by atoms with Gasteiger partial charge in [0.05, 0.1) is 6.04 Å². The summed E-state index contributed by atoms with van der Waals surface area (Å²) in [5.41, 5.74) is 11.2. The second-order valence-corrected chi connectivity index (χ2v) is 6.53. The molecule has 0 spiro atoms. The molecule has 0 aliphatic rings. The number of nitrogens with one attached hydrogen (secondary N) is 2. The second-order valence-electron chi connectivity index (χ2n) is 6.16. The highest BCUT2D eigenvalue weighted by atomic mass is 32.1. The van der Waals surface area contributed by atoms with Gasteiger partial charge in [0.2, 0.25) is 11.8 Å². The van der Waals surface area contributed by atoms with Crippen molar-refractivity contribution in [3.8, 4) is 0 Å². The van der Waals surface area contributed by atoms with E-state index in [1.807, 2.05) is 13.8 Å². The first-order valence-corrected chi connectivity index (χ1v) is 8.76. The first kappa shape index (κ1) is 22.7. The van der Waals surface area contributed by atoms with Gasteiger partial charge in [-0.1, -0.05) is 13.8 Å². The maximum Gasteiger partial charge on any atom is 0.326 e. The number of rotatable bonds is 12. The maximum atomic E-state index is 12.2. The van der Waals surface area contributed by atoms with Crippen molar-refractivity contribution in [2.24, 2.45) is 17.4 Å². The second kappa shape index (κ2) is 12.1. The lowest BCUT2D eigenvalue weighted by Crippen LogP contribution is -2.55. The van der Waals surface area contributed by atoms with E-state index in [4.69, 9.17) is 11.5 Å². The number of carbonyl (C=O) groups is 3. The predicted molar refractivity (Wildman–Crippen MR) is 95.7 cm³/mol. The number of hydrogen-bond donors (Lipinski definition) is 6. The highest BCUT2D eigenvalue weighted by molar-refractivity contribution is 7.80. The SMILES string of the molecule is CC(C)C[C@H](N)C(=O)N[C@@H](CS)C(=O)N[C@@H](CCCCN)C(=O)O. The summed E-state index contributed by atoms with van der Waals surface area (Å²) >= 11 is 4.05. The van der Waals surface area contributed by atoms with Crippen molar-refractivity contribution in [2.45, 2.75) is 57.7 Å². The van der Waals surface area contributed by atoms with E-state index in [1.54, 1.807) is 0 Å². The van der Waals surface area contributed by atoms with Gasteiger partial charge in [0.1, 0.15) is 12.1 Å². The van der Waals surface area contributed by atoms with Crippen molar-refractivity contribution in [1.29, 1.82) is 0 Å². The van der Waals surface area contributed by atoms with Crippen LogP contribution in [0.25, 0.3) is 0 Å². The first-order chi connectivity index (χ1) is 11.2. The molecule has 0 aromatic heterocycles. The van der Waals surface area contributed by atoms with Crippen LogP contribution in [0.1, 0.15) is 39.5 Å². The summed E-state index contributed by atoms with van der Waals surface area (Å²) in [6.07, 6.45) is 2.03. The zero-order valence-electron chi connectivity index (χ0n) is 14.3. The van der Waals surface area contributed by atoms with Crippen molar-refractivity contribution in [1.82, 2.24) is 10.6 Å². The van der Waals surface area contributed by atoms with Gasteiger partial charge in [0, 0.05) is 5.75 Å². The molecule has 0 saturated carbocycles. The van der Waals surface area contributed by atoms with E-state index in [-0.39, 0.29) is 18.1 Å². The molecule has 140 valence electrons. The Kier molecular flexibility index (Phi) is 11.4. The summed E-state index contributed by atoms with van der Waals surface area (Å²) in [6, 6.07) is -2.68. The normalized spacial score (nSPS) is 14.8. The number of amides is 2. The van der Waals surface area contributed by atoms with E-state index in [1.165, 1.54) is 0 Å². The highest BCUT2D eigenvalue weighted by Gasteiger charge is 2.27. The summed E-state index contributed by atoms with van der Waals surface area (Å²) in [5.74, 6) is -1.88. The van der Waals surface area contributed by atoms with Crippen LogP contribution in [0.3, 0.4) is 0 Å². The third-order valence-corrected chi connectivity index (χ3v) is 3.80. The molecule has 0 radical (unpaired) electrons. The number of hydrogen-bond acceptors (Lipinski definition) is 6. The maximum absolute atomic E-state index is 12.2. The Balaban J connectivity index is 4.65. The minimum absolute atomic E-state index is 0.0428. The van der Waals surface area contributed by atoms with Crippen molar-refractivity contribution >= 4 is 30.4 Å². The van der Waals surface area contributed by atoms with E-state index >= 15 is 0 Å². The Labute approximate surface area is 148 Å². The van der Waals surface area contributed by atoms with E-state index in [0.717, 1.165) is 0 Å². The molecular formula is C15H30N4O4S. The number of carbonyl (C=O) groups excluding carboxylic acids is 2. The van der Waals surface area contributed by atoms with E-state index in [2.05, 4.69) is 23.3 Å². The Morgan fingerprint density at radius 1 is 1.08 bits per heavy atom. The van der Waals surface area contributed by atoms with Gasteiger partial charge >= 0.3 is 5.97 Å². The van der Waals surface area contributed by atoms with Crippen LogP contribution in [0.15, 0.2) is 0 Å². The summed E-state index contributed by atoms with van der Waals surface area (Å²) in [4.78, 5) is 35.4. The van der Waals surface area contributed by atoms with E-state index in [0.29, 0.717) is 25.8 Å². The molecule has 0 rings (SSSR count). The molecule has 7 N–H and O–H groups in total. The van der Waals surface area contributed by atoms with Gasteiger partial charge in [-0.05, 0) is 38.1 Å². The van der Waals surface area contributed by atoms with Crippen LogP contribution in [-0.2, 0) is 14.4 Å². The predicted octanol–water partition coefficient (Wildman–Crippen LogP) is -0.527. The van der Waals surface area contributed by atoms with Crippen molar-refractivity contribution < 1.29 is 19.5 Å². The first-order valence-electron chi connectivity index (χ1n) is 8.12. The number of unbranched alkanes of at least 4 members (excludes halogenated alkanes) is 1. The summed E-state index contributed by atoms with van der Waals surface area (Å²) < 4.78 is 0. The zero-order valence-corrected chi connectivity index (χ0v) is 15.2. The third kappa shape index (κ3) is 9.09. The van der Waals surface area contributed by atoms with Crippen molar-refractivity contribution in [2.75, 3.05) is 12.3 Å². The van der Waals surface area contributed by atoms with Crippen LogP contribution in [0.4, 0.5) is 0 Å². The highest BCUT2D eigenvalue weighted by Crippen LogP contribution is 2.04. The molecule has 8 nitrogen and oxygen atoms in total. The molecule has 0 heterocycles. The van der Waals surface area contributed by atoms with Gasteiger partial charge in [-0.15, -0.1) is 0 Å². The Morgan fingerprint density at radius 3 is 2.12 bits per heavy atom. The van der Waals surface area contributed by atoms with Gasteiger partial charge < -0.3 is 27.2 Å². The number of thiol groups is 1.